The highest BCUT2D eigenvalue weighted by Gasteiger charge is 2.42. The van der Waals surface area contributed by atoms with Crippen LogP contribution in [0.1, 0.15) is 22.3 Å². The van der Waals surface area contributed by atoms with Crippen molar-refractivity contribution in [1.29, 1.82) is 0 Å². The van der Waals surface area contributed by atoms with E-state index in [2.05, 4.69) is 4.90 Å². The first-order valence-corrected chi connectivity index (χ1v) is 10.9. The van der Waals surface area contributed by atoms with E-state index in [1.54, 1.807) is 18.2 Å². The van der Waals surface area contributed by atoms with Gasteiger partial charge in [-0.05, 0) is 36.6 Å². The molecule has 6 nitrogen and oxygen atoms in total. The lowest BCUT2D eigenvalue weighted by Crippen LogP contribution is -2.48. The molecule has 0 spiro atoms. The van der Waals surface area contributed by atoms with Gasteiger partial charge in [-0.15, -0.1) is 0 Å². The average Bonchev–Trinajstić information content (AvgIpc) is 3.03. The molecule has 2 amide bonds. The van der Waals surface area contributed by atoms with Crippen LogP contribution in [0.4, 0.5) is 4.39 Å². The minimum atomic E-state index is -0.438. The highest BCUT2D eigenvalue weighted by molar-refractivity contribution is 6.35. The zero-order valence-electron chi connectivity index (χ0n) is 18.5. The van der Waals surface area contributed by atoms with Crippen LogP contribution in [0.2, 0.25) is 0 Å². The fourth-order valence-corrected chi connectivity index (χ4v) is 4.29. The van der Waals surface area contributed by atoms with E-state index in [-0.39, 0.29) is 19.1 Å². The Hall–Kier alpha value is -3.03. The Morgan fingerprint density at radius 2 is 1.66 bits per heavy atom. The van der Waals surface area contributed by atoms with E-state index >= 15 is 0 Å². The molecular weight excluding hydrogens is 409 g/mol. The van der Waals surface area contributed by atoms with Crippen LogP contribution in [-0.2, 0) is 16.1 Å². The molecule has 1 fully saturated rings. The number of amides is 2. The maximum atomic E-state index is 14.3. The number of piperazine rings is 1. The number of carbonyl (C=O) groups excluding carboxylic acids is 2. The summed E-state index contributed by atoms with van der Waals surface area (Å²) in [5, 5.41) is 9.21. The van der Waals surface area contributed by atoms with E-state index in [4.69, 9.17) is 0 Å². The first kappa shape index (κ1) is 22.2. The smallest absolute Gasteiger partial charge is 0.278 e. The van der Waals surface area contributed by atoms with Crippen LogP contribution in [0, 0.1) is 19.7 Å². The number of carbonyl (C=O) groups is 2. The molecular formula is C25H28FN3O3. The van der Waals surface area contributed by atoms with Gasteiger partial charge in [0.05, 0.1) is 18.7 Å². The van der Waals surface area contributed by atoms with Gasteiger partial charge in [0.1, 0.15) is 11.5 Å². The molecule has 32 heavy (non-hydrogen) atoms. The third-order valence-electron chi connectivity index (χ3n) is 6.33. The second-order valence-corrected chi connectivity index (χ2v) is 8.36. The molecule has 168 valence electrons. The van der Waals surface area contributed by atoms with Crippen molar-refractivity contribution in [3.63, 3.8) is 0 Å². The first-order valence-electron chi connectivity index (χ1n) is 10.9. The fraction of sp³-hybridized carbons (Fsp3) is 0.360. The molecule has 0 aromatic heterocycles. The summed E-state index contributed by atoms with van der Waals surface area (Å²) in [6.07, 6.45) is 0. The van der Waals surface area contributed by atoms with Crippen molar-refractivity contribution < 1.29 is 19.1 Å². The summed E-state index contributed by atoms with van der Waals surface area (Å²) in [5.41, 5.74) is 3.92. The zero-order valence-corrected chi connectivity index (χ0v) is 18.5. The predicted molar refractivity (Wildman–Crippen MR) is 120 cm³/mol. The fourth-order valence-electron chi connectivity index (χ4n) is 4.29. The van der Waals surface area contributed by atoms with E-state index in [1.165, 1.54) is 6.07 Å². The Morgan fingerprint density at radius 1 is 0.938 bits per heavy atom. The molecule has 2 aliphatic rings. The molecule has 0 saturated carbocycles. The molecule has 4 rings (SSSR count). The standard InChI is InChI=1S/C25H28FN3O3/c1-17-7-8-19(15-18(17)2)22-23(28-11-9-27(10-12-28)13-14-30)25(32)29(24(22)31)16-20-5-3-4-6-21(20)26/h3-8,15,30H,9-14,16H2,1-2H3. The van der Waals surface area contributed by atoms with Gasteiger partial charge in [0.2, 0.25) is 0 Å². The monoisotopic (exact) mass is 437 g/mol. The summed E-state index contributed by atoms with van der Waals surface area (Å²) < 4.78 is 14.3. The number of rotatable bonds is 6. The maximum Gasteiger partial charge on any atom is 0.278 e. The van der Waals surface area contributed by atoms with Crippen molar-refractivity contribution in [2.75, 3.05) is 39.3 Å². The van der Waals surface area contributed by atoms with Gasteiger partial charge in [-0.25, -0.2) is 4.39 Å². The first-order chi connectivity index (χ1) is 15.4. The Bertz CT molecular complexity index is 1070. The SMILES string of the molecule is Cc1ccc(C2=C(N3CCN(CCO)CC3)C(=O)N(Cc3ccccc3F)C2=O)cc1C. The minimum absolute atomic E-state index is 0.0877. The molecule has 0 aliphatic carbocycles. The minimum Gasteiger partial charge on any atom is -0.395 e. The van der Waals surface area contributed by atoms with Crippen molar-refractivity contribution in [2.45, 2.75) is 20.4 Å². The molecule has 0 radical (unpaired) electrons. The Balaban J connectivity index is 1.71. The molecule has 2 aliphatic heterocycles. The lowest BCUT2D eigenvalue weighted by atomic mass is 9.99. The number of aryl methyl sites for hydroxylation is 2. The third kappa shape index (κ3) is 4.18. The molecule has 7 heteroatoms. The van der Waals surface area contributed by atoms with Crippen LogP contribution >= 0.6 is 0 Å². The summed E-state index contributed by atoms with van der Waals surface area (Å²) >= 11 is 0. The largest absolute Gasteiger partial charge is 0.395 e. The number of nitrogens with zero attached hydrogens (tertiary/aromatic N) is 3. The number of imide groups is 1. The molecule has 1 saturated heterocycles. The van der Waals surface area contributed by atoms with Crippen LogP contribution in [-0.4, -0.2) is 71.0 Å². The molecule has 0 atom stereocenters. The van der Waals surface area contributed by atoms with E-state index in [1.807, 2.05) is 36.9 Å². The molecule has 0 bridgehead atoms. The van der Waals surface area contributed by atoms with Gasteiger partial charge < -0.3 is 10.0 Å². The van der Waals surface area contributed by atoms with Gasteiger partial charge >= 0.3 is 0 Å². The van der Waals surface area contributed by atoms with Crippen molar-refractivity contribution in [1.82, 2.24) is 14.7 Å². The predicted octanol–water partition coefficient (Wildman–Crippen LogP) is 2.33. The molecule has 2 heterocycles. The molecule has 0 unspecified atom stereocenters. The van der Waals surface area contributed by atoms with Crippen molar-refractivity contribution in [3.8, 4) is 0 Å². The van der Waals surface area contributed by atoms with E-state index in [9.17, 15) is 19.1 Å². The summed E-state index contributed by atoms with van der Waals surface area (Å²) in [6.45, 7) is 7.09. The number of benzene rings is 2. The van der Waals surface area contributed by atoms with E-state index in [0.717, 1.165) is 16.0 Å². The van der Waals surface area contributed by atoms with Crippen LogP contribution < -0.4 is 0 Å². The number of hydrogen-bond acceptors (Lipinski definition) is 5. The highest BCUT2D eigenvalue weighted by atomic mass is 19.1. The van der Waals surface area contributed by atoms with Crippen molar-refractivity contribution >= 4 is 17.4 Å². The van der Waals surface area contributed by atoms with E-state index in [0.29, 0.717) is 55.1 Å². The Kier molecular flexibility index (Phi) is 6.39. The van der Waals surface area contributed by atoms with Gasteiger partial charge in [-0.1, -0.05) is 36.4 Å². The lowest BCUT2D eigenvalue weighted by molar-refractivity contribution is -0.138. The van der Waals surface area contributed by atoms with Crippen molar-refractivity contribution in [2.24, 2.45) is 0 Å². The highest BCUT2D eigenvalue weighted by Crippen LogP contribution is 2.34. The number of hydrogen-bond donors (Lipinski definition) is 1. The average molecular weight is 438 g/mol. The summed E-state index contributed by atoms with van der Waals surface area (Å²) in [5.74, 6) is -1.22. The molecule has 2 aromatic rings. The molecule has 2 aromatic carbocycles. The lowest BCUT2D eigenvalue weighted by Gasteiger charge is -2.36. The number of β-amino-alcohol motifs (C(OH)–C–C–N with tert-alkyl or cyclic N) is 1. The normalized spacial score (nSPS) is 17.6. The van der Waals surface area contributed by atoms with Gasteiger partial charge in [-0.3, -0.25) is 19.4 Å². The quantitative estimate of drug-likeness (QED) is 0.703. The second kappa shape index (κ2) is 9.22. The second-order valence-electron chi connectivity index (χ2n) is 8.36. The van der Waals surface area contributed by atoms with Gasteiger partial charge in [0.15, 0.2) is 0 Å². The van der Waals surface area contributed by atoms with Crippen LogP contribution in [0.3, 0.4) is 0 Å². The Morgan fingerprint density at radius 3 is 2.31 bits per heavy atom. The van der Waals surface area contributed by atoms with Gasteiger partial charge in [0.25, 0.3) is 11.8 Å². The summed E-state index contributed by atoms with van der Waals surface area (Å²) in [6, 6.07) is 12.0. The van der Waals surface area contributed by atoms with Gasteiger partial charge in [-0.2, -0.15) is 0 Å². The van der Waals surface area contributed by atoms with Gasteiger partial charge in [0, 0.05) is 38.3 Å². The third-order valence-corrected chi connectivity index (χ3v) is 6.33. The summed E-state index contributed by atoms with van der Waals surface area (Å²) in [4.78, 5) is 32.2. The van der Waals surface area contributed by atoms with Crippen LogP contribution in [0.15, 0.2) is 48.2 Å². The van der Waals surface area contributed by atoms with E-state index < -0.39 is 11.7 Å². The maximum absolute atomic E-state index is 14.3. The topological polar surface area (TPSA) is 64.1 Å². The zero-order chi connectivity index (χ0) is 22.8. The number of aliphatic hydroxyl groups excluding tert-OH is 1. The number of halogens is 1. The molecule has 1 N–H and O–H groups in total. The van der Waals surface area contributed by atoms with Crippen LogP contribution in [0.25, 0.3) is 5.57 Å². The number of aliphatic hydroxyl groups is 1. The van der Waals surface area contributed by atoms with Crippen molar-refractivity contribution in [3.05, 3.63) is 76.2 Å². The Labute approximate surface area is 187 Å². The van der Waals surface area contributed by atoms with Crippen LogP contribution in [0.5, 0.6) is 0 Å². The summed E-state index contributed by atoms with van der Waals surface area (Å²) in [7, 11) is 0.